The summed E-state index contributed by atoms with van der Waals surface area (Å²) >= 11 is 1.34. The first-order valence-corrected chi connectivity index (χ1v) is 13.2. The van der Waals surface area contributed by atoms with E-state index >= 15 is 0 Å². The Hall–Kier alpha value is -4.69. The van der Waals surface area contributed by atoms with Crippen LogP contribution in [-0.2, 0) is 4.79 Å². The van der Waals surface area contributed by atoms with Gasteiger partial charge in [-0.15, -0.1) is 0 Å². The van der Waals surface area contributed by atoms with Crippen LogP contribution in [-0.4, -0.2) is 28.4 Å². The summed E-state index contributed by atoms with van der Waals surface area (Å²) in [7, 11) is 0. The number of nitrogens with zero attached hydrogens (tertiary/aromatic N) is 2. The van der Waals surface area contributed by atoms with Crippen LogP contribution in [0.5, 0.6) is 5.75 Å². The van der Waals surface area contributed by atoms with Crippen molar-refractivity contribution in [1.82, 2.24) is 4.98 Å². The number of rotatable bonds is 7. The zero-order valence-electron chi connectivity index (χ0n) is 21.3. The van der Waals surface area contributed by atoms with Crippen LogP contribution >= 0.6 is 11.3 Å². The molecule has 0 spiro atoms. The van der Waals surface area contributed by atoms with Crippen molar-refractivity contribution in [3.8, 4) is 5.75 Å². The molecule has 0 bridgehead atoms. The Morgan fingerprint density at radius 3 is 2.67 bits per heavy atom. The lowest BCUT2D eigenvalue weighted by Crippen LogP contribution is -2.30. The summed E-state index contributed by atoms with van der Waals surface area (Å²) in [4.78, 5) is 33.6. The summed E-state index contributed by atoms with van der Waals surface area (Å²) in [6.07, 6.45) is 1.65. The molecule has 1 atom stereocenters. The number of thiazole rings is 1. The number of carbonyl (C=O) groups excluding carboxylic acids is 2. The molecular formula is C31H24N2O5S. The maximum absolute atomic E-state index is 13.9. The van der Waals surface area contributed by atoms with Gasteiger partial charge in [-0.25, -0.2) is 4.98 Å². The lowest BCUT2D eigenvalue weighted by Gasteiger charge is -2.24. The molecule has 8 heteroatoms. The first kappa shape index (κ1) is 24.6. The van der Waals surface area contributed by atoms with Crippen LogP contribution in [0.4, 0.5) is 5.13 Å². The number of carbonyl (C=O) groups is 2. The molecule has 0 aliphatic carbocycles. The standard InChI is InChI=1S/C31H24N2O5S/c1-4-13-37-21-11-9-19(10-12-21)27-25(28(34)23-16-20-7-5-6-8-22(20)38-23)29(35)30(36)33(27)31-32-26-18(3)14-17(2)15-24(26)39-31/h4-12,14-16,27,35H,1,13H2,2-3H3/t27-/m0/s1. The largest absolute Gasteiger partial charge is 0.503 e. The summed E-state index contributed by atoms with van der Waals surface area (Å²) < 4.78 is 12.4. The Kier molecular flexibility index (Phi) is 6.04. The van der Waals surface area contributed by atoms with Gasteiger partial charge in [0.15, 0.2) is 16.7 Å². The molecular weight excluding hydrogens is 512 g/mol. The van der Waals surface area contributed by atoms with Crippen LogP contribution in [0.2, 0.25) is 0 Å². The normalized spacial score (nSPS) is 15.5. The molecule has 0 saturated heterocycles. The third-order valence-electron chi connectivity index (χ3n) is 6.69. The summed E-state index contributed by atoms with van der Waals surface area (Å²) in [5.41, 5.74) is 3.93. The van der Waals surface area contributed by atoms with Gasteiger partial charge in [-0.2, -0.15) is 0 Å². The van der Waals surface area contributed by atoms with Gasteiger partial charge in [-0.1, -0.05) is 60.4 Å². The predicted molar refractivity (Wildman–Crippen MR) is 152 cm³/mol. The number of aliphatic hydroxyl groups excluding tert-OH is 1. The molecule has 5 aromatic rings. The van der Waals surface area contributed by atoms with Gasteiger partial charge in [0.25, 0.3) is 5.91 Å². The van der Waals surface area contributed by atoms with Crippen LogP contribution in [0.25, 0.3) is 21.2 Å². The van der Waals surface area contributed by atoms with E-state index in [-0.39, 0.29) is 11.3 Å². The highest BCUT2D eigenvalue weighted by molar-refractivity contribution is 7.22. The van der Waals surface area contributed by atoms with E-state index < -0.39 is 23.5 Å². The van der Waals surface area contributed by atoms with E-state index in [9.17, 15) is 14.7 Å². The van der Waals surface area contributed by atoms with Crippen molar-refractivity contribution in [1.29, 1.82) is 0 Å². The lowest BCUT2D eigenvalue weighted by molar-refractivity contribution is -0.117. The van der Waals surface area contributed by atoms with Crippen molar-refractivity contribution in [3.63, 3.8) is 0 Å². The van der Waals surface area contributed by atoms with Crippen LogP contribution in [0.1, 0.15) is 33.3 Å². The number of aryl methyl sites for hydroxylation is 2. The van der Waals surface area contributed by atoms with Crippen LogP contribution in [0, 0.1) is 13.8 Å². The number of hydrogen-bond donors (Lipinski definition) is 1. The minimum Gasteiger partial charge on any atom is -0.503 e. The van der Waals surface area contributed by atoms with Gasteiger partial charge in [-0.3, -0.25) is 14.5 Å². The number of benzene rings is 3. The SMILES string of the molecule is C=CCOc1ccc([C@H]2C(C(=O)c3cc4ccccc4o3)=C(O)C(=O)N2c2nc3c(C)cc(C)cc3s2)cc1. The Labute approximate surface area is 228 Å². The van der Waals surface area contributed by atoms with E-state index in [2.05, 4.69) is 6.58 Å². The Balaban J connectivity index is 1.49. The van der Waals surface area contributed by atoms with E-state index in [1.54, 1.807) is 42.5 Å². The molecule has 0 saturated carbocycles. The molecule has 1 aliphatic rings. The fraction of sp³-hybridized carbons (Fsp3) is 0.129. The quantitative estimate of drug-likeness (QED) is 0.178. The fourth-order valence-corrected chi connectivity index (χ4v) is 6.11. The molecule has 0 radical (unpaired) electrons. The number of aromatic nitrogens is 1. The zero-order valence-corrected chi connectivity index (χ0v) is 22.1. The molecule has 3 heterocycles. The molecule has 1 N–H and O–H groups in total. The number of furan rings is 1. The third-order valence-corrected chi connectivity index (χ3v) is 7.69. The topological polar surface area (TPSA) is 92.9 Å². The maximum Gasteiger partial charge on any atom is 0.296 e. The minimum absolute atomic E-state index is 0.0408. The Morgan fingerprint density at radius 1 is 1.15 bits per heavy atom. The first-order chi connectivity index (χ1) is 18.9. The zero-order chi connectivity index (χ0) is 27.3. The number of hydrogen-bond acceptors (Lipinski definition) is 7. The number of anilines is 1. The molecule has 1 aliphatic heterocycles. The van der Waals surface area contributed by atoms with Crippen molar-refractivity contribution < 1.29 is 23.8 Å². The second-order valence-electron chi connectivity index (χ2n) is 9.41. The van der Waals surface area contributed by atoms with Crippen LogP contribution in [0.3, 0.4) is 0 Å². The number of aliphatic hydroxyl groups is 1. The van der Waals surface area contributed by atoms with Crippen molar-refractivity contribution in [3.05, 3.63) is 113 Å². The van der Waals surface area contributed by atoms with E-state index in [1.165, 1.54) is 16.2 Å². The average molecular weight is 537 g/mol. The van der Waals surface area contributed by atoms with E-state index in [4.69, 9.17) is 14.1 Å². The number of amides is 1. The molecule has 3 aromatic carbocycles. The van der Waals surface area contributed by atoms with Crippen molar-refractivity contribution in [2.45, 2.75) is 19.9 Å². The predicted octanol–water partition coefficient (Wildman–Crippen LogP) is 7.01. The highest BCUT2D eigenvalue weighted by Crippen LogP contribution is 2.45. The van der Waals surface area contributed by atoms with Gasteiger partial charge in [-0.05, 0) is 60.9 Å². The summed E-state index contributed by atoms with van der Waals surface area (Å²) in [5, 5.41) is 12.3. The van der Waals surface area contributed by atoms with Gasteiger partial charge in [0, 0.05) is 5.39 Å². The molecule has 6 rings (SSSR count). The summed E-state index contributed by atoms with van der Waals surface area (Å²) in [5.74, 6) is -1.23. The summed E-state index contributed by atoms with van der Waals surface area (Å²) in [6, 6.07) is 19.1. The third kappa shape index (κ3) is 4.19. The van der Waals surface area contributed by atoms with Crippen LogP contribution < -0.4 is 9.64 Å². The number of Topliss-reactive ketones (excluding diaryl/α,β-unsaturated/α-hetero) is 1. The van der Waals surface area contributed by atoms with Crippen molar-refractivity contribution >= 4 is 49.3 Å². The molecule has 2 aromatic heterocycles. The van der Waals surface area contributed by atoms with E-state index in [1.807, 2.05) is 44.2 Å². The van der Waals surface area contributed by atoms with Crippen LogP contribution in [0.15, 0.2) is 95.1 Å². The first-order valence-electron chi connectivity index (χ1n) is 12.4. The minimum atomic E-state index is -0.923. The van der Waals surface area contributed by atoms with Gasteiger partial charge in [0.05, 0.1) is 21.8 Å². The second-order valence-corrected chi connectivity index (χ2v) is 10.4. The van der Waals surface area contributed by atoms with Gasteiger partial charge >= 0.3 is 0 Å². The number of ether oxygens (including phenoxy) is 1. The maximum atomic E-state index is 13.9. The van der Waals surface area contributed by atoms with Crippen molar-refractivity contribution in [2.24, 2.45) is 0 Å². The average Bonchev–Trinajstić information content (AvgIpc) is 3.62. The molecule has 39 heavy (non-hydrogen) atoms. The van der Waals surface area contributed by atoms with Gasteiger partial charge in [0.2, 0.25) is 5.78 Å². The van der Waals surface area contributed by atoms with Gasteiger partial charge in [0.1, 0.15) is 17.9 Å². The second kappa shape index (κ2) is 9.56. The Bertz CT molecular complexity index is 1780. The highest BCUT2D eigenvalue weighted by Gasteiger charge is 2.46. The van der Waals surface area contributed by atoms with Gasteiger partial charge < -0.3 is 14.3 Å². The molecule has 0 unspecified atom stereocenters. The lowest BCUT2D eigenvalue weighted by atomic mass is 9.95. The highest BCUT2D eigenvalue weighted by atomic mass is 32.1. The van der Waals surface area contributed by atoms with E-state index in [0.29, 0.717) is 28.6 Å². The Morgan fingerprint density at radius 2 is 1.92 bits per heavy atom. The molecule has 1 amide bonds. The number of fused-ring (bicyclic) bond motifs is 2. The smallest absolute Gasteiger partial charge is 0.296 e. The monoisotopic (exact) mass is 536 g/mol. The molecule has 194 valence electrons. The number of ketones is 1. The summed E-state index contributed by atoms with van der Waals surface area (Å²) in [6.45, 7) is 7.98. The number of para-hydroxylation sites is 1. The van der Waals surface area contributed by atoms with Crippen molar-refractivity contribution in [2.75, 3.05) is 11.5 Å². The fourth-order valence-electron chi connectivity index (χ4n) is 4.94. The molecule has 7 nitrogen and oxygen atoms in total. The van der Waals surface area contributed by atoms with E-state index in [0.717, 1.165) is 26.7 Å². The molecule has 0 fully saturated rings.